The molecule has 0 saturated heterocycles. The van der Waals surface area contributed by atoms with Crippen LogP contribution in [0.3, 0.4) is 0 Å². The van der Waals surface area contributed by atoms with E-state index in [1.165, 1.54) is 27.8 Å². The first-order valence-electron chi connectivity index (χ1n) is 10.1. The summed E-state index contributed by atoms with van der Waals surface area (Å²) in [6.07, 6.45) is 3.83. The highest BCUT2D eigenvalue weighted by Gasteiger charge is 2.23. The van der Waals surface area contributed by atoms with Gasteiger partial charge in [-0.25, -0.2) is 8.42 Å². The van der Waals surface area contributed by atoms with Crippen molar-refractivity contribution in [2.24, 2.45) is 0 Å². The monoisotopic (exact) mass is 430 g/mol. The number of nitrogens with zero attached hydrogens (tertiary/aromatic N) is 2. The molecule has 0 bridgehead atoms. The van der Waals surface area contributed by atoms with Gasteiger partial charge in [0.15, 0.2) is 0 Å². The van der Waals surface area contributed by atoms with Crippen LogP contribution in [-0.2, 0) is 29.7 Å². The molecular weight excluding hydrogens is 404 g/mol. The Morgan fingerprint density at radius 2 is 1.90 bits per heavy atom. The first kappa shape index (κ1) is 20.8. The van der Waals surface area contributed by atoms with Gasteiger partial charge in [-0.1, -0.05) is 30.3 Å². The van der Waals surface area contributed by atoms with E-state index in [1.54, 1.807) is 6.92 Å². The average Bonchev–Trinajstić information content (AvgIpc) is 3.16. The molecular formula is C22H26N2O5S. The molecule has 7 nitrogen and oxygen atoms in total. The van der Waals surface area contributed by atoms with Gasteiger partial charge in [-0.05, 0) is 30.0 Å². The Hall–Kier alpha value is -2.42. The quantitative estimate of drug-likeness (QED) is 0.628. The predicted molar refractivity (Wildman–Crippen MR) is 114 cm³/mol. The van der Waals surface area contributed by atoms with Crippen molar-refractivity contribution in [3.8, 4) is 5.75 Å². The van der Waals surface area contributed by atoms with Crippen molar-refractivity contribution in [3.63, 3.8) is 0 Å². The SMILES string of the molecule is CCS(=O)(=O)N1CC=C(COc2coc(CN3Cc4ccccc4C3)cc2=O)CC1. The second-order valence-electron chi connectivity index (χ2n) is 7.65. The van der Waals surface area contributed by atoms with Gasteiger partial charge in [0.1, 0.15) is 18.6 Å². The van der Waals surface area contributed by atoms with E-state index in [9.17, 15) is 13.2 Å². The largest absolute Gasteiger partial charge is 0.482 e. The molecule has 0 fully saturated rings. The normalized spacial score (nSPS) is 17.6. The van der Waals surface area contributed by atoms with Crippen molar-refractivity contribution < 1.29 is 17.6 Å². The van der Waals surface area contributed by atoms with Crippen LogP contribution in [0.2, 0.25) is 0 Å². The van der Waals surface area contributed by atoms with Crippen LogP contribution in [0.15, 0.2) is 57.5 Å². The molecule has 8 heteroatoms. The summed E-state index contributed by atoms with van der Waals surface area (Å²) in [5.74, 6) is 0.884. The summed E-state index contributed by atoms with van der Waals surface area (Å²) in [5, 5.41) is 0. The Kier molecular flexibility index (Phi) is 6.08. The van der Waals surface area contributed by atoms with Crippen molar-refractivity contribution in [2.45, 2.75) is 33.0 Å². The number of sulfonamides is 1. The van der Waals surface area contributed by atoms with Crippen molar-refractivity contribution in [2.75, 3.05) is 25.4 Å². The number of fused-ring (bicyclic) bond motifs is 1. The molecule has 0 spiro atoms. The van der Waals surface area contributed by atoms with E-state index in [0.717, 1.165) is 18.7 Å². The third kappa shape index (κ3) is 4.66. The van der Waals surface area contributed by atoms with Gasteiger partial charge in [-0.3, -0.25) is 9.69 Å². The topological polar surface area (TPSA) is 80.1 Å². The molecule has 0 aliphatic carbocycles. The van der Waals surface area contributed by atoms with E-state index in [4.69, 9.17) is 9.15 Å². The molecule has 160 valence electrons. The minimum absolute atomic E-state index is 0.101. The Balaban J connectivity index is 1.32. The zero-order valence-electron chi connectivity index (χ0n) is 17.0. The summed E-state index contributed by atoms with van der Waals surface area (Å²) in [7, 11) is -3.17. The molecule has 0 unspecified atom stereocenters. The van der Waals surface area contributed by atoms with Crippen LogP contribution < -0.4 is 10.2 Å². The summed E-state index contributed by atoms with van der Waals surface area (Å²) in [6, 6.07) is 9.81. The fraction of sp³-hybridized carbons (Fsp3) is 0.409. The van der Waals surface area contributed by atoms with E-state index >= 15 is 0 Å². The summed E-state index contributed by atoms with van der Waals surface area (Å²) in [5.41, 5.74) is 3.40. The van der Waals surface area contributed by atoms with E-state index in [1.807, 2.05) is 18.2 Å². The van der Waals surface area contributed by atoms with E-state index in [0.29, 0.717) is 31.8 Å². The number of hydrogen-bond donors (Lipinski definition) is 0. The van der Waals surface area contributed by atoms with Crippen molar-refractivity contribution >= 4 is 10.0 Å². The highest BCUT2D eigenvalue weighted by Crippen LogP contribution is 2.24. The van der Waals surface area contributed by atoms with Crippen LogP contribution in [0, 0.1) is 0 Å². The van der Waals surface area contributed by atoms with Crippen LogP contribution in [0.4, 0.5) is 0 Å². The first-order chi connectivity index (χ1) is 14.4. The molecule has 30 heavy (non-hydrogen) atoms. The zero-order valence-corrected chi connectivity index (χ0v) is 17.9. The Labute approximate surface area is 176 Å². The molecule has 0 radical (unpaired) electrons. The molecule has 2 aliphatic heterocycles. The fourth-order valence-corrected chi connectivity index (χ4v) is 4.83. The van der Waals surface area contributed by atoms with Gasteiger partial charge in [0.25, 0.3) is 0 Å². The number of hydrogen-bond acceptors (Lipinski definition) is 6. The summed E-state index contributed by atoms with van der Waals surface area (Å²) < 4.78 is 36.6. The fourth-order valence-electron chi connectivity index (χ4n) is 3.79. The zero-order chi connectivity index (χ0) is 21.1. The van der Waals surface area contributed by atoms with Crippen molar-refractivity contribution in [3.05, 3.63) is 75.4 Å². The van der Waals surface area contributed by atoms with Gasteiger partial charge >= 0.3 is 0 Å². The molecule has 0 amide bonds. The van der Waals surface area contributed by atoms with Crippen molar-refractivity contribution in [1.29, 1.82) is 0 Å². The molecule has 0 N–H and O–H groups in total. The maximum atomic E-state index is 12.4. The Bertz CT molecular complexity index is 1080. The molecule has 3 heterocycles. The standard InChI is InChI=1S/C22H26N2O5S/c1-2-30(26,27)24-9-7-17(8-10-24)15-29-22-16-28-20(11-21(22)25)14-23-12-18-5-3-4-6-19(18)13-23/h3-7,11,16H,2,8-10,12-15H2,1H3. The lowest BCUT2D eigenvalue weighted by atomic mass is 10.1. The Morgan fingerprint density at radius 3 is 2.50 bits per heavy atom. The van der Waals surface area contributed by atoms with Crippen LogP contribution in [0.25, 0.3) is 0 Å². The molecule has 1 aromatic carbocycles. The maximum absolute atomic E-state index is 12.4. The van der Waals surface area contributed by atoms with Gasteiger partial charge < -0.3 is 9.15 Å². The van der Waals surface area contributed by atoms with Gasteiger partial charge in [0.2, 0.25) is 21.2 Å². The molecule has 0 saturated carbocycles. The van der Waals surface area contributed by atoms with Crippen LogP contribution in [0.1, 0.15) is 30.2 Å². The maximum Gasteiger partial charge on any atom is 0.227 e. The molecule has 2 aromatic rings. The first-order valence-corrected chi connectivity index (χ1v) is 11.7. The Morgan fingerprint density at radius 1 is 1.17 bits per heavy atom. The average molecular weight is 431 g/mol. The minimum atomic E-state index is -3.17. The smallest absolute Gasteiger partial charge is 0.227 e. The molecule has 1 aromatic heterocycles. The highest BCUT2D eigenvalue weighted by atomic mass is 32.2. The lowest BCUT2D eigenvalue weighted by Gasteiger charge is -2.25. The molecule has 2 aliphatic rings. The second kappa shape index (κ2) is 8.75. The van der Waals surface area contributed by atoms with E-state index in [2.05, 4.69) is 17.0 Å². The molecule has 0 atom stereocenters. The number of ether oxygens (including phenoxy) is 1. The summed E-state index contributed by atoms with van der Waals surface area (Å²) >= 11 is 0. The molecule has 4 rings (SSSR count). The van der Waals surface area contributed by atoms with E-state index in [-0.39, 0.29) is 23.5 Å². The van der Waals surface area contributed by atoms with Crippen molar-refractivity contribution in [1.82, 2.24) is 9.21 Å². The third-order valence-electron chi connectivity index (χ3n) is 5.58. The van der Waals surface area contributed by atoms with Crippen LogP contribution >= 0.6 is 0 Å². The van der Waals surface area contributed by atoms with Crippen LogP contribution in [0.5, 0.6) is 5.75 Å². The van der Waals surface area contributed by atoms with Crippen LogP contribution in [-0.4, -0.2) is 43.1 Å². The third-order valence-corrected chi connectivity index (χ3v) is 7.42. The highest BCUT2D eigenvalue weighted by molar-refractivity contribution is 7.89. The minimum Gasteiger partial charge on any atom is -0.482 e. The summed E-state index contributed by atoms with van der Waals surface area (Å²) in [6.45, 7) is 4.94. The van der Waals surface area contributed by atoms with Gasteiger partial charge in [-0.2, -0.15) is 4.31 Å². The lowest BCUT2D eigenvalue weighted by Crippen LogP contribution is -2.36. The summed E-state index contributed by atoms with van der Waals surface area (Å²) in [4.78, 5) is 14.6. The van der Waals surface area contributed by atoms with E-state index < -0.39 is 10.0 Å². The lowest BCUT2D eigenvalue weighted by molar-refractivity contribution is 0.244. The second-order valence-corrected chi connectivity index (χ2v) is 9.91. The number of rotatable bonds is 7. The van der Waals surface area contributed by atoms with Gasteiger partial charge in [0, 0.05) is 32.2 Å². The van der Waals surface area contributed by atoms with Gasteiger partial charge in [-0.15, -0.1) is 0 Å². The number of benzene rings is 1. The van der Waals surface area contributed by atoms with Gasteiger partial charge in [0.05, 0.1) is 12.3 Å². The predicted octanol–water partition coefficient (Wildman–Crippen LogP) is 2.52.